The Bertz CT molecular complexity index is 1270. The van der Waals surface area contributed by atoms with E-state index in [4.69, 9.17) is 5.10 Å². The number of benzene rings is 1. The number of aliphatic carboxylic acids is 1. The summed E-state index contributed by atoms with van der Waals surface area (Å²) in [7, 11) is 0. The highest BCUT2D eigenvalue weighted by Gasteiger charge is 2.25. The van der Waals surface area contributed by atoms with Crippen LogP contribution in [0.4, 0.5) is 0 Å². The number of aromatic nitrogens is 4. The van der Waals surface area contributed by atoms with E-state index in [0.29, 0.717) is 16.6 Å². The van der Waals surface area contributed by atoms with E-state index < -0.39 is 12.0 Å². The highest BCUT2D eigenvalue weighted by molar-refractivity contribution is 5.86. The standard InChI is InChI=1S/C22H22N4O3/c1-4-16-18(14-8-6-5-7-9-14)20-23-12-15-17(26(20)24-16)10-11-25(21(15)27)19(13(2)3)22(28)29/h5-13,19H,4H2,1-3H3,(H,28,29)/t19-/m1/s1. The molecule has 0 radical (unpaired) electrons. The summed E-state index contributed by atoms with van der Waals surface area (Å²) in [6, 6.07) is 10.7. The van der Waals surface area contributed by atoms with Crippen LogP contribution in [0.15, 0.2) is 53.6 Å². The fourth-order valence-electron chi connectivity index (χ4n) is 3.82. The lowest BCUT2D eigenvalue weighted by molar-refractivity contribution is -0.142. The van der Waals surface area contributed by atoms with Gasteiger partial charge in [-0.2, -0.15) is 5.10 Å². The third-order valence-electron chi connectivity index (χ3n) is 5.19. The van der Waals surface area contributed by atoms with Crippen molar-refractivity contribution in [2.75, 3.05) is 0 Å². The average molecular weight is 390 g/mol. The number of carboxylic acids is 1. The van der Waals surface area contributed by atoms with Crippen LogP contribution >= 0.6 is 0 Å². The Morgan fingerprint density at radius 3 is 2.52 bits per heavy atom. The van der Waals surface area contributed by atoms with Crippen LogP contribution in [0.5, 0.6) is 0 Å². The van der Waals surface area contributed by atoms with Crippen LogP contribution in [0.1, 0.15) is 32.5 Å². The molecule has 0 fully saturated rings. The van der Waals surface area contributed by atoms with Gasteiger partial charge in [-0.15, -0.1) is 0 Å². The smallest absolute Gasteiger partial charge is 0.327 e. The monoisotopic (exact) mass is 390 g/mol. The van der Waals surface area contributed by atoms with Crippen molar-refractivity contribution >= 4 is 22.5 Å². The van der Waals surface area contributed by atoms with Crippen LogP contribution in [-0.2, 0) is 11.2 Å². The molecule has 0 saturated carbocycles. The molecule has 0 unspecified atom stereocenters. The normalized spacial score (nSPS) is 12.7. The molecule has 3 aromatic heterocycles. The molecular weight excluding hydrogens is 368 g/mol. The molecule has 4 rings (SSSR count). The van der Waals surface area contributed by atoms with Crippen LogP contribution in [0.25, 0.3) is 27.7 Å². The third-order valence-corrected chi connectivity index (χ3v) is 5.19. The Morgan fingerprint density at radius 1 is 1.17 bits per heavy atom. The molecule has 7 heteroatoms. The highest BCUT2D eigenvalue weighted by Crippen LogP contribution is 2.29. The van der Waals surface area contributed by atoms with E-state index in [0.717, 1.165) is 23.2 Å². The SMILES string of the molecule is CCc1nn2c(ncc3c(=O)n([C@@H](C(=O)O)C(C)C)ccc32)c1-c1ccccc1. The summed E-state index contributed by atoms with van der Waals surface area (Å²) in [5.41, 5.74) is 3.77. The van der Waals surface area contributed by atoms with Gasteiger partial charge in [0.15, 0.2) is 5.65 Å². The van der Waals surface area contributed by atoms with E-state index in [9.17, 15) is 14.7 Å². The van der Waals surface area contributed by atoms with Crippen molar-refractivity contribution < 1.29 is 9.90 Å². The van der Waals surface area contributed by atoms with Crippen molar-refractivity contribution in [2.45, 2.75) is 33.2 Å². The maximum absolute atomic E-state index is 13.1. The first-order chi connectivity index (χ1) is 13.9. The summed E-state index contributed by atoms with van der Waals surface area (Å²) in [6.45, 7) is 5.59. The van der Waals surface area contributed by atoms with Crippen molar-refractivity contribution in [2.24, 2.45) is 5.92 Å². The number of fused-ring (bicyclic) bond motifs is 3. The Kier molecular flexibility index (Phi) is 4.66. The van der Waals surface area contributed by atoms with Gasteiger partial charge >= 0.3 is 5.97 Å². The molecule has 0 aliphatic heterocycles. The largest absolute Gasteiger partial charge is 0.480 e. The molecule has 4 aromatic rings. The molecule has 1 atom stereocenters. The minimum absolute atomic E-state index is 0.236. The van der Waals surface area contributed by atoms with Crippen molar-refractivity contribution in [3.8, 4) is 11.1 Å². The first-order valence-corrected chi connectivity index (χ1v) is 9.63. The number of carbonyl (C=O) groups is 1. The second kappa shape index (κ2) is 7.16. The molecule has 0 amide bonds. The first kappa shape index (κ1) is 18.9. The van der Waals surface area contributed by atoms with E-state index in [-0.39, 0.29) is 11.5 Å². The molecule has 29 heavy (non-hydrogen) atoms. The maximum atomic E-state index is 13.1. The Morgan fingerprint density at radius 2 is 1.90 bits per heavy atom. The number of hydrogen-bond acceptors (Lipinski definition) is 4. The molecule has 1 aromatic carbocycles. The molecule has 0 aliphatic carbocycles. The number of hydrogen-bond donors (Lipinski definition) is 1. The minimum Gasteiger partial charge on any atom is -0.480 e. The van der Waals surface area contributed by atoms with Crippen molar-refractivity contribution in [1.82, 2.24) is 19.2 Å². The van der Waals surface area contributed by atoms with E-state index in [1.165, 1.54) is 10.8 Å². The quantitative estimate of drug-likeness (QED) is 0.563. The molecule has 148 valence electrons. The van der Waals surface area contributed by atoms with Gasteiger partial charge in [0.1, 0.15) is 6.04 Å². The Hall–Kier alpha value is -3.48. The number of nitrogens with zero attached hydrogens (tertiary/aromatic N) is 4. The molecule has 1 N–H and O–H groups in total. The zero-order chi connectivity index (χ0) is 20.7. The average Bonchev–Trinajstić information content (AvgIpc) is 3.09. The summed E-state index contributed by atoms with van der Waals surface area (Å²) >= 11 is 0. The van der Waals surface area contributed by atoms with Gasteiger partial charge in [-0.25, -0.2) is 14.3 Å². The summed E-state index contributed by atoms with van der Waals surface area (Å²) in [5, 5.41) is 14.6. The van der Waals surface area contributed by atoms with Crippen molar-refractivity contribution in [1.29, 1.82) is 0 Å². The van der Waals surface area contributed by atoms with E-state index in [2.05, 4.69) is 4.98 Å². The molecule has 0 aliphatic rings. The predicted octanol–water partition coefficient (Wildman–Crippen LogP) is 3.56. The summed E-state index contributed by atoms with van der Waals surface area (Å²) in [5.74, 6) is -1.27. The van der Waals surface area contributed by atoms with Gasteiger partial charge in [0.05, 0.1) is 16.6 Å². The molecule has 0 spiro atoms. The second-order valence-electron chi connectivity index (χ2n) is 7.39. The van der Waals surface area contributed by atoms with Crippen molar-refractivity contribution in [3.05, 3.63) is 64.8 Å². The number of carboxylic acid groups (broad SMARTS) is 1. The molecule has 0 bridgehead atoms. The highest BCUT2D eigenvalue weighted by atomic mass is 16.4. The number of aryl methyl sites for hydroxylation is 1. The van der Waals surface area contributed by atoms with Gasteiger partial charge in [0.25, 0.3) is 5.56 Å². The summed E-state index contributed by atoms with van der Waals surface area (Å²) in [6.07, 6.45) is 3.79. The van der Waals surface area contributed by atoms with Gasteiger partial charge in [0.2, 0.25) is 0 Å². The van der Waals surface area contributed by atoms with Crippen molar-refractivity contribution in [3.63, 3.8) is 0 Å². The van der Waals surface area contributed by atoms with Crippen LogP contribution in [0.2, 0.25) is 0 Å². The molecule has 0 saturated heterocycles. The molecule has 3 heterocycles. The van der Waals surface area contributed by atoms with Crippen LogP contribution in [-0.4, -0.2) is 30.2 Å². The lowest BCUT2D eigenvalue weighted by Gasteiger charge is -2.19. The maximum Gasteiger partial charge on any atom is 0.327 e. The van der Waals surface area contributed by atoms with Gasteiger partial charge < -0.3 is 9.67 Å². The fraction of sp³-hybridized carbons (Fsp3) is 0.273. The number of pyridine rings is 1. The fourth-order valence-corrected chi connectivity index (χ4v) is 3.82. The molecule has 7 nitrogen and oxygen atoms in total. The minimum atomic E-state index is -1.03. The second-order valence-corrected chi connectivity index (χ2v) is 7.39. The topological polar surface area (TPSA) is 89.5 Å². The third kappa shape index (κ3) is 2.99. The first-order valence-electron chi connectivity index (χ1n) is 9.63. The lowest BCUT2D eigenvalue weighted by atomic mass is 10.0. The van der Waals surface area contributed by atoms with Gasteiger partial charge in [0, 0.05) is 18.0 Å². The Labute approximate surface area is 167 Å². The zero-order valence-corrected chi connectivity index (χ0v) is 16.5. The summed E-state index contributed by atoms with van der Waals surface area (Å²) < 4.78 is 2.96. The van der Waals surface area contributed by atoms with Crippen LogP contribution in [0.3, 0.4) is 0 Å². The molecular formula is C22H22N4O3. The van der Waals surface area contributed by atoms with Crippen LogP contribution in [0, 0.1) is 5.92 Å². The Balaban J connectivity index is 2.01. The summed E-state index contributed by atoms with van der Waals surface area (Å²) in [4.78, 5) is 29.3. The van der Waals surface area contributed by atoms with Gasteiger partial charge in [-0.05, 0) is 24.0 Å². The zero-order valence-electron chi connectivity index (χ0n) is 16.5. The van der Waals surface area contributed by atoms with Gasteiger partial charge in [-0.1, -0.05) is 51.1 Å². The van der Waals surface area contributed by atoms with Gasteiger partial charge in [-0.3, -0.25) is 4.79 Å². The predicted molar refractivity (Wildman–Crippen MR) is 111 cm³/mol. The lowest BCUT2D eigenvalue weighted by Crippen LogP contribution is -2.33. The van der Waals surface area contributed by atoms with E-state index in [1.54, 1.807) is 30.6 Å². The number of rotatable bonds is 5. The van der Waals surface area contributed by atoms with E-state index in [1.807, 2.05) is 37.3 Å². The van der Waals surface area contributed by atoms with E-state index >= 15 is 0 Å². The van der Waals surface area contributed by atoms with Crippen LogP contribution < -0.4 is 5.56 Å².